The summed E-state index contributed by atoms with van der Waals surface area (Å²) in [6.07, 6.45) is 5.29. The molecule has 0 amide bonds. The third kappa shape index (κ3) is 5.45. The summed E-state index contributed by atoms with van der Waals surface area (Å²) in [7, 11) is 0.248. The van der Waals surface area contributed by atoms with Crippen molar-refractivity contribution in [2.24, 2.45) is 5.90 Å². The summed E-state index contributed by atoms with van der Waals surface area (Å²) in [5, 5.41) is 0. The third-order valence-corrected chi connectivity index (χ3v) is 1.41. The Balaban J connectivity index is 3.19. The SMILES string of the molecule is C#CPCC(=O)CON. The fraction of sp³-hybridized carbons (Fsp3) is 0.400. The number of terminal acetylenes is 1. The van der Waals surface area contributed by atoms with Crippen LogP contribution in [0.1, 0.15) is 0 Å². The number of hydrogen-bond acceptors (Lipinski definition) is 3. The molecular weight excluding hydrogens is 137 g/mol. The van der Waals surface area contributed by atoms with E-state index in [9.17, 15) is 4.79 Å². The molecule has 0 aliphatic heterocycles. The molecule has 0 radical (unpaired) electrons. The second-order valence-corrected chi connectivity index (χ2v) is 2.34. The van der Waals surface area contributed by atoms with Gasteiger partial charge in [0.05, 0.1) is 0 Å². The highest BCUT2D eigenvalue weighted by atomic mass is 31.1. The Morgan fingerprint density at radius 2 is 2.56 bits per heavy atom. The standard InChI is InChI=1S/C5H8NO2P/c1-2-9-4-5(7)3-8-6/h1,9H,3-4,6H2. The Kier molecular flexibility index (Phi) is 5.45. The average molecular weight is 145 g/mol. The van der Waals surface area contributed by atoms with Crippen molar-refractivity contribution >= 4 is 14.4 Å². The van der Waals surface area contributed by atoms with Gasteiger partial charge in [-0.1, -0.05) is 5.66 Å². The van der Waals surface area contributed by atoms with E-state index in [0.29, 0.717) is 6.16 Å². The zero-order valence-electron chi connectivity index (χ0n) is 4.89. The summed E-state index contributed by atoms with van der Waals surface area (Å²) in [5.74, 6) is 4.58. The van der Waals surface area contributed by atoms with Crippen LogP contribution in [0.15, 0.2) is 0 Å². The first-order chi connectivity index (χ1) is 4.31. The number of ketones is 1. The number of nitrogens with two attached hydrogens (primary N) is 1. The summed E-state index contributed by atoms with van der Waals surface area (Å²) in [5.41, 5.74) is 2.37. The molecule has 0 bridgehead atoms. The largest absolute Gasteiger partial charge is 0.297 e. The summed E-state index contributed by atoms with van der Waals surface area (Å²) in [6.45, 7) is -0.0331. The molecule has 0 saturated carbocycles. The lowest BCUT2D eigenvalue weighted by Gasteiger charge is -1.92. The normalized spacial score (nSPS) is 9.78. The van der Waals surface area contributed by atoms with Crippen molar-refractivity contribution in [2.75, 3.05) is 12.8 Å². The lowest BCUT2D eigenvalue weighted by atomic mass is 10.5. The Morgan fingerprint density at radius 3 is 3.00 bits per heavy atom. The summed E-state index contributed by atoms with van der Waals surface area (Å²) in [4.78, 5) is 14.6. The van der Waals surface area contributed by atoms with Crippen LogP contribution in [0, 0.1) is 12.1 Å². The number of carbonyl (C=O) groups is 1. The Morgan fingerprint density at radius 1 is 1.89 bits per heavy atom. The number of hydrogen-bond donors (Lipinski definition) is 1. The maximum absolute atomic E-state index is 10.5. The smallest absolute Gasteiger partial charge is 0.165 e. The molecule has 0 saturated heterocycles. The molecule has 4 heteroatoms. The summed E-state index contributed by atoms with van der Waals surface area (Å²) >= 11 is 0. The Hall–Kier alpha value is -0.420. The average Bonchev–Trinajstić information content (AvgIpc) is 1.85. The van der Waals surface area contributed by atoms with Crippen LogP contribution in [0.3, 0.4) is 0 Å². The van der Waals surface area contributed by atoms with Crippen molar-refractivity contribution in [3.63, 3.8) is 0 Å². The van der Waals surface area contributed by atoms with Crippen molar-refractivity contribution in [3.05, 3.63) is 0 Å². The van der Waals surface area contributed by atoms with E-state index in [1.807, 2.05) is 0 Å². The third-order valence-electron chi connectivity index (χ3n) is 0.632. The van der Waals surface area contributed by atoms with Gasteiger partial charge in [0, 0.05) is 6.16 Å². The van der Waals surface area contributed by atoms with Crippen LogP contribution in [0.25, 0.3) is 0 Å². The van der Waals surface area contributed by atoms with E-state index in [1.54, 1.807) is 0 Å². The quantitative estimate of drug-likeness (QED) is 0.336. The number of rotatable bonds is 4. The molecule has 0 heterocycles. The molecule has 1 unspecified atom stereocenters. The molecule has 0 aromatic rings. The van der Waals surface area contributed by atoms with Gasteiger partial charge in [0.15, 0.2) is 5.78 Å². The zero-order chi connectivity index (χ0) is 7.11. The van der Waals surface area contributed by atoms with Crippen LogP contribution in [0.2, 0.25) is 0 Å². The first-order valence-electron chi connectivity index (χ1n) is 2.33. The predicted molar refractivity (Wildman–Crippen MR) is 37.2 cm³/mol. The second-order valence-electron chi connectivity index (χ2n) is 1.35. The molecule has 0 fully saturated rings. The first kappa shape index (κ1) is 8.58. The molecule has 50 valence electrons. The van der Waals surface area contributed by atoms with Crippen molar-refractivity contribution in [2.45, 2.75) is 0 Å². The van der Waals surface area contributed by atoms with Crippen molar-refractivity contribution in [1.82, 2.24) is 0 Å². The first-order valence-corrected chi connectivity index (χ1v) is 3.53. The lowest BCUT2D eigenvalue weighted by Crippen LogP contribution is -2.13. The van der Waals surface area contributed by atoms with E-state index in [4.69, 9.17) is 6.42 Å². The zero-order valence-corrected chi connectivity index (χ0v) is 5.89. The van der Waals surface area contributed by atoms with Gasteiger partial charge in [-0.2, -0.15) is 0 Å². The Bertz CT molecular complexity index is 129. The molecule has 0 aliphatic rings. The molecule has 0 aliphatic carbocycles. The van der Waals surface area contributed by atoms with E-state index in [0.717, 1.165) is 0 Å². The van der Waals surface area contributed by atoms with Gasteiger partial charge in [0.25, 0.3) is 0 Å². The van der Waals surface area contributed by atoms with E-state index in [-0.39, 0.29) is 21.0 Å². The van der Waals surface area contributed by atoms with Gasteiger partial charge in [-0.15, -0.1) is 6.42 Å². The van der Waals surface area contributed by atoms with Crippen LogP contribution < -0.4 is 5.90 Å². The van der Waals surface area contributed by atoms with Crippen LogP contribution in [0.4, 0.5) is 0 Å². The fourth-order valence-electron chi connectivity index (χ4n) is 0.294. The topological polar surface area (TPSA) is 52.3 Å². The van der Waals surface area contributed by atoms with Crippen LogP contribution in [-0.2, 0) is 9.63 Å². The molecule has 0 aromatic carbocycles. The van der Waals surface area contributed by atoms with Gasteiger partial charge in [-0.3, -0.25) is 9.63 Å². The minimum atomic E-state index is -0.0474. The van der Waals surface area contributed by atoms with Crippen LogP contribution in [-0.4, -0.2) is 18.6 Å². The van der Waals surface area contributed by atoms with Gasteiger partial charge in [0.1, 0.15) is 6.61 Å². The molecule has 1 atom stereocenters. The molecule has 9 heavy (non-hydrogen) atoms. The molecule has 0 spiro atoms. The van der Waals surface area contributed by atoms with Crippen LogP contribution in [0.5, 0.6) is 0 Å². The van der Waals surface area contributed by atoms with Gasteiger partial charge in [-0.25, -0.2) is 5.90 Å². The Labute approximate surface area is 55.7 Å². The minimum absolute atomic E-state index is 0.0331. The van der Waals surface area contributed by atoms with E-state index in [2.05, 4.69) is 16.4 Å². The fourth-order valence-corrected chi connectivity index (χ4v) is 0.695. The number of Topliss-reactive ketones (excluding diaryl/α,β-unsaturated/α-hetero) is 1. The second kappa shape index (κ2) is 5.71. The number of carbonyl (C=O) groups excluding carboxylic acids is 1. The highest BCUT2D eigenvalue weighted by Gasteiger charge is 1.97. The van der Waals surface area contributed by atoms with Crippen LogP contribution >= 0.6 is 8.58 Å². The maximum atomic E-state index is 10.5. The van der Waals surface area contributed by atoms with Gasteiger partial charge < -0.3 is 0 Å². The highest BCUT2D eigenvalue weighted by molar-refractivity contribution is 7.45. The van der Waals surface area contributed by atoms with E-state index in [1.165, 1.54) is 0 Å². The minimum Gasteiger partial charge on any atom is -0.297 e. The molecule has 0 rings (SSSR count). The molecule has 0 aromatic heterocycles. The molecular formula is C5H8NO2P. The predicted octanol–water partition coefficient (Wildman–Crippen LogP) is -0.285. The van der Waals surface area contributed by atoms with Gasteiger partial charge >= 0.3 is 0 Å². The summed E-state index contributed by atoms with van der Waals surface area (Å²) in [6, 6.07) is 0. The van der Waals surface area contributed by atoms with E-state index < -0.39 is 0 Å². The van der Waals surface area contributed by atoms with Crippen molar-refractivity contribution < 1.29 is 9.63 Å². The monoisotopic (exact) mass is 145 g/mol. The van der Waals surface area contributed by atoms with E-state index >= 15 is 0 Å². The van der Waals surface area contributed by atoms with Gasteiger partial charge in [0.2, 0.25) is 0 Å². The summed E-state index contributed by atoms with van der Waals surface area (Å²) < 4.78 is 0. The van der Waals surface area contributed by atoms with Crippen molar-refractivity contribution in [1.29, 1.82) is 0 Å². The maximum Gasteiger partial charge on any atom is 0.165 e. The lowest BCUT2D eigenvalue weighted by molar-refractivity contribution is -0.121. The van der Waals surface area contributed by atoms with Gasteiger partial charge in [-0.05, 0) is 8.58 Å². The van der Waals surface area contributed by atoms with Crippen molar-refractivity contribution in [3.8, 4) is 12.1 Å². The highest BCUT2D eigenvalue weighted by Crippen LogP contribution is 2.04. The molecule has 3 nitrogen and oxygen atoms in total. The molecule has 2 N–H and O–H groups in total.